The summed E-state index contributed by atoms with van der Waals surface area (Å²) in [6.07, 6.45) is 7.32. The molecule has 0 aromatic carbocycles. The van der Waals surface area contributed by atoms with Gasteiger partial charge in [0.15, 0.2) is 10.2 Å². The number of hydrogen-bond donors (Lipinski definition) is 1. The van der Waals surface area contributed by atoms with E-state index in [9.17, 15) is 13.2 Å². The highest BCUT2D eigenvalue weighted by Gasteiger charge is 2.43. The normalized spacial score (nSPS) is 21.8. The lowest BCUT2D eigenvalue weighted by Gasteiger charge is -2.23. The van der Waals surface area contributed by atoms with Crippen LogP contribution in [-0.4, -0.2) is 58.4 Å². The molecule has 3 aromatic rings. The number of amides is 1. The number of aromatic nitrogens is 3. The fourth-order valence-electron chi connectivity index (χ4n) is 5.25. The van der Waals surface area contributed by atoms with Gasteiger partial charge in [-0.3, -0.25) is 14.8 Å². The number of anilines is 1. The number of thiazole rings is 1. The quantitative estimate of drug-likeness (QED) is 0.552. The van der Waals surface area contributed by atoms with E-state index in [-0.39, 0.29) is 22.9 Å². The Morgan fingerprint density at radius 2 is 2.06 bits per heavy atom. The number of nitrogens with one attached hydrogen (secondary N) is 1. The minimum Gasteiger partial charge on any atom is -0.302 e. The summed E-state index contributed by atoms with van der Waals surface area (Å²) in [5.41, 5.74) is 5.13. The van der Waals surface area contributed by atoms with Crippen molar-refractivity contribution in [2.45, 2.75) is 37.3 Å². The number of carbonyl (C=O) groups is 1. The molecule has 6 rings (SSSR count). The van der Waals surface area contributed by atoms with E-state index in [0.717, 1.165) is 40.3 Å². The monoisotopic (exact) mass is 520 g/mol. The van der Waals surface area contributed by atoms with Crippen LogP contribution in [0.15, 0.2) is 64.5 Å². The van der Waals surface area contributed by atoms with Crippen LogP contribution < -0.4 is 5.32 Å². The van der Waals surface area contributed by atoms with Crippen LogP contribution in [0.3, 0.4) is 0 Å². The molecule has 3 aromatic heterocycles. The standard InChI is InChI=1S/C25H24N6O3S2/c1-15(32)28-25-29-19-8-7-18-21(24(19)35-25)23(30-22(18)16-5-4-10-26-13-16)17-9-12-31(14-17)36(33,34)20-6-2-3-11-27-20/h2-6,10-11,13,17,23H,7-9,12,14H2,1H3,(H,28,29,32). The predicted octanol–water partition coefficient (Wildman–Crippen LogP) is 3.17. The summed E-state index contributed by atoms with van der Waals surface area (Å²) in [6, 6.07) is 8.65. The van der Waals surface area contributed by atoms with Gasteiger partial charge in [0, 0.05) is 55.7 Å². The highest BCUT2D eigenvalue weighted by atomic mass is 32.2. The number of fused-ring (bicyclic) bond motifs is 2. The lowest BCUT2D eigenvalue weighted by Crippen LogP contribution is -2.31. The van der Waals surface area contributed by atoms with Gasteiger partial charge in [0.1, 0.15) is 0 Å². The van der Waals surface area contributed by atoms with Crippen molar-refractivity contribution in [2.75, 3.05) is 18.4 Å². The average molecular weight is 521 g/mol. The van der Waals surface area contributed by atoms with Crippen LogP contribution in [-0.2, 0) is 21.2 Å². The van der Waals surface area contributed by atoms with E-state index in [2.05, 4.69) is 20.3 Å². The smallest absolute Gasteiger partial charge is 0.260 e. The fraction of sp³-hybridized carbons (Fsp3) is 0.320. The van der Waals surface area contributed by atoms with Crippen LogP contribution in [0, 0.1) is 5.92 Å². The van der Waals surface area contributed by atoms with Crippen LogP contribution >= 0.6 is 11.3 Å². The Labute approximate surface area is 213 Å². The number of hydrogen-bond acceptors (Lipinski definition) is 8. The maximum atomic E-state index is 13.2. The Bertz CT molecular complexity index is 1500. The summed E-state index contributed by atoms with van der Waals surface area (Å²) in [4.78, 5) is 30.9. The van der Waals surface area contributed by atoms with Crippen molar-refractivity contribution in [1.29, 1.82) is 0 Å². The van der Waals surface area contributed by atoms with Crippen LogP contribution in [0.2, 0.25) is 0 Å². The number of aliphatic imine (C=N–C) groups is 1. The van der Waals surface area contributed by atoms with Crippen molar-refractivity contribution in [3.8, 4) is 0 Å². The summed E-state index contributed by atoms with van der Waals surface area (Å²) in [5.74, 6) is -0.142. The van der Waals surface area contributed by atoms with Crippen molar-refractivity contribution in [3.63, 3.8) is 0 Å². The van der Waals surface area contributed by atoms with Crippen LogP contribution in [0.25, 0.3) is 5.57 Å². The highest BCUT2D eigenvalue weighted by molar-refractivity contribution is 7.89. The Morgan fingerprint density at radius 1 is 1.17 bits per heavy atom. The molecule has 2 unspecified atom stereocenters. The van der Waals surface area contributed by atoms with Gasteiger partial charge in [-0.05, 0) is 49.1 Å². The highest BCUT2D eigenvalue weighted by Crippen LogP contribution is 2.47. The molecule has 1 aliphatic carbocycles. The molecule has 11 heteroatoms. The zero-order chi connectivity index (χ0) is 24.9. The van der Waals surface area contributed by atoms with Crippen molar-refractivity contribution < 1.29 is 13.2 Å². The van der Waals surface area contributed by atoms with Gasteiger partial charge in [0.25, 0.3) is 10.0 Å². The van der Waals surface area contributed by atoms with E-state index in [1.807, 2.05) is 18.3 Å². The zero-order valence-corrected chi connectivity index (χ0v) is 21.2. The molecule has 0 bridgehead atoms. The molecule has 0 radical (unpaired) electrons. The third-order valence-corrected chi connectivity index (χ3v) is 9.65. The Balaban J connectivity index is 1.38. The third kappa shape index (κ3) is 3.97. The van der Waals surface area contributed by atoms with Crippen molar-refractivity contribution >= 4 is 43.7 Å². The maximum Gasteiger partial charge on any atom is 0.260 e. The van der Waals surface area contributed by atoms with Gasteiger partial charge in [0.2, 0.25) is 5.91 Å². The fourth-order valence-corrected chi connectivity index (χ4v) is 7.85. The number of sulfonamides is 1. The van der Waals surface area contributed by atoms with Gasteiger partial charge in [-0.2, -0.15) is 4.31 Å². The van der Waals surface area contributed by atoms with Crippen molar-refractivity contribution in [1.82, 2.24) is 19.3 Å². The first kappa shape index (κ1) is 23.1. The SMILES string of the molecule is CC(=O)Nc1nc2c(s1)C1=C(CC2)C(c2cccnc2)=NC1C1CCN(S(=O)(=O)c2ccccn2)C1. The van der Waals surface area contributed by atoms with E-state index in [1.54, 1.807) is 18.3 Å². The van der Waals surface area contributed by atoms with E-state index >= 15 is 0 Å². The van der Waals surface area contributed by atoms with E-state index in [0.29, 0.717) is 24.6 Å². The molecule has 2 aliphatic heterocycles. The molecule has 1 amide bonds. The first-order chi connectivity index (χ1) is 17.4. The number of pyridine rings is 2. The second-order valence-electron chi connectivity index (χ2n) is 9.11. The van der Waals surface area contributed by atoms with Crippen molar-refractivity contribution in [2.24, 2.45) is 10.9 Å². The second kappa shape index (κ2) is 8.99. The maximum absolute atomic E-state index is 13.2. The number of nitrogens with zero attached hydrogens (tertiary/aromatic N) is 5. The van der Waals surface area contributed by atoms with Gasteiger partial charge in [-0.25, -0.2) is 18.4 Å². The van der Waals surface area contributed by atoms with E-state index in [4.69, 9.17) is 4.99 Å². The molecule has 1 N–H and O–H groups in total. The molecule has 36 heavy (non-hydrogen) atoms. The molecule has 2 atom stereocenters. The first-order valence-corrected chi connectivity index (χ1v) is 14.1. The van der Waals surface area contributed by atoms with Gasteiger partial charge in [-0.15, -0.1) is 0 Å². The summed E-state index contributed by atoms with van der Waals surface area (Å²) < 4.78 is 28.0. The molecule has 3 aliphatic rings. The summed E-state index contributed by atoms with van der Waals surface area (Å²) >= 11 is 1.47. The number of rotatable bonds is 5. The molecule has 1 fully saturated rings. The second-order valence-corrected chi connectivity index (χ2v) is 12.0. The van der Waals surface area contributed by atoms with Crippen molar-refractivity contribution in [3.05, 3.63) is 70.6 Å². The van der Waals surface area contributed by atoms with Gasteiger partial charge >= 0.3 is 0 Å². The minimum atomic E-state index is -3.68. The molecular formula is C25H24N6O3S2. The van der Waals surface area contributed by atoms with Gasteiger partial charge in [-0.1, -0.05) is 17.4 Å². The average Bonchev–Trinajstić information content (AvgIpc) is 3.61. The van der Waals surface area contributed by atoms with Crippen LogP contribution in [0.4, 0.5) is 5.13 Å². The molecular weight excluding hydrogens is 496 g/mol. The van der Waals surface area contributed by atoms with Gasteiger partial charge < -0.3 is 5.32 Å². The molecule has 0 spiro atoms. The predicted molar refractivity (Wildman–Crippen MR) is 137 cm³/mol. The molecule has 1 saturated heterocycles. The van der Waals surface area contributed by atoms with Crippen LogP contribution in [0.1, 0.15) is 35.9 Å². The topological polar surface area (TPSA) is 118 Å². The minimum absolute atomic E-state index is 0.0138. The molecule has 0 saturated carbocycles. The summed E-state index contributed by atoms with van der Waals surface area (Å²) in [7, 11) is -3.68. The largest absolute Gasteiger partial charge is 0.302 e. The van der Waals surface area contributed by atoms with E-state index in [1.165, 1.54) is 40.4 Å². The Hall–Kier alpha value is -3.28. The summed E-state index contributed by atoms with van der Waals surface area (Å²) in [6.45, 7) is 2.27. The number of allylic oxidation sites excluding steroid dienone is 1. The van der Waals surface area contributed by atoms with Crippen LogP contribution in [0.5, 0.6) is 0 Å². The third-order valence-electron chi connectivity index (χ3n) is 6.82. The first-order valence-electron chi connectivity index (χ1n) is 11.8. The Kier molecular flexibility index (Phi) is 5.78. The Morgan fingerprint density at radius 3 is 2.81 bits per heavy atom. The van der Waals surface area contributed by atoms with E-state index < -0.39 is 10.0 Å². The number of carbonyl (C=O) groups excluding carboxylic acids is 1. The van der Waals surface area contributed by atoms with Gasteiger partial charge in [0.05, 0.1) is 22.3 Å². The molecule has 184 valence electrons. The molecule has 9 nitrogen and oxygen atoms in total. The lowest BCUT2D eigenvalue weighted by molar-refractivity contribution is -0.114. The zero-order valence-electron chi connectivity index (χ0n) is 19.6. The molecule has 5 heterocycles. The number of aryl methyl sites for hydroxylation is 1. The summed E-state index contributed by atoms with van der Waals surface area (Å²) in [5, 5.41) is 3.47. The lowest BCUT2D eigenvalue weighted by atomic mass is 9.84.